The van der Waals surface area contributed by atoms with Crippen LogP contribution in [-0.4, -0.2) is 6.54 Å². The van der Waals surface area contributed by atoms with Crippen LogP contribution in [0.2, 0.25) is 0 Å². The molecule has 92 valence electrons. The molecule has 2 N–H and O–H groups in total. The Morgan fingerprint density at radius 3 is 2.06 bits per heavy atom. The van der Waals surface area contributed by atoms with Crippen molar-refractivity contribution in [1.29, 1.82) is 0 Å². The molecule has 0 atom stereocenters. The van der Waals surface area contributed by atoms with E-state index in [-0.39, 0.29) is 5.41 Å². The summed E-state index contributed by atoms with van der Waals surface area (Å²) in [6, 6.07) is 3.81. The summed E-state index contributed by atoms with van der Waals surface area (Å²) in [5.74, 6) is -0.996. The standard InChI is InChI=1S/C14H17F2N/c15-11-4-10(5-12(16)6-11)14(9-17)7-13(8-14)2-1-3-13/h4-6H,1-3,7-9,17H2. The quantitative estimate of drug-likeness (QED) is 0.840. The molecular weight excluding hydrogens is 220 g/mol. The first-order valence-electron chi connectivity index (χ1n) is 6.24. The largest absolute Gasteiger partial charge is 0.330 e. The maximum absolute atomic E-state index is 13.3. The van der Waals surface area contributed by atoms with Crippen molar-refractivity contribution in [3.05, 3.63) is 35.4 Å². The molecule has 2 saturated carbocycles. The van der Waals surface area contributed by atoms with Gasteiger partial charge in [0.2, 0.25) is 0 Å². The number of hydrogen-bond acceptors (Lipinski definition) is 1. The van der Waals surface area contributed by atoms with Gasteiger partial charge in [-0.2, -0.15) is 0 Å². The first kappa shape index (κ1) is 11.1. The number of nitrogens with two attached hydrogens (primary N) is 1. The van der Waals surface area contributed by atoms with Crippen LogP contribution in [0.4, 0.5) is 8.78 Å². The second kappa shape index (κ2) is 3.52. The van der Waals surface area contributed by atoms with E-state index in [1.165, 1.54) is 31.4 Å². The van der Waals surface area contributed by atoms with Gasteiger partial charge in [0, 0.05) is 18.0 Å². The highest BCUT2D eigenvalue weighted by molar-refractivity contribution is 5.33. The monoisotopic (exact) mass is 237 g/mol. The van der Waals surface area contributed by atoms with Crippen LogP contribution in [0.5, 0.6) is 0 Å². The molecule has 2 aliphatic carbocycles. The molecule has 0 amide bonds. The van der Waals surface area contributed by atoms with Crippen LogP contribution in [-0.2, 0) is 5.41 Å². The van der Waals surface area contributed by atoms with Crippen LogP contribution in [0.3, 0.4) is 0 Å². The van der Waals surface area contributed by atoms with Crippen molar-refractivity contribution < 1.29 is 8.78 Å². The van der Waals surface area contributed by atoms with Crippen molar-refractivity contribution in [3.8, 4) is 0 Å². The smallest absolute Gasteiger partial charge is 0.126 e. The van der Waals surface area contributed by atoms with Gasteiger partial charge in [-0.05, 0) is 48.8 Å². The normalized spacial score (nSPS) is 24.2. The maximum atomic E-state index is 13.3. The molecule has 0 aromatic heterocycles. The summed E-state index contributed by atoms with van der Waals surface area (Å²) in [4.78, 5) is 0. The molecule has 1 aromatic carbocycles. The van der Waals surface area contributed by atoms with Gasteiger partial charge in [0.15, 0.2) is 0 Å². The van der Waals surface area contributed by atoms with Crippen molar-refractivity contribution in [2.24, 2.45) is 11.1 Å². The van der Waals surface area contributed by atoms with Crippen LogP contribution in [0.15, 0.2) is 18.2 Å². The van der Waals surface area contributed by atoms with Gasteiger partial charge in [-0.3, -0.25) is 0 Å². The molecule has 0 saturated heterocycles. The molecule has 0 heterocycles. The summed E-state index contributed by atoms with van der Waals surface area (Å²) in [5.41, 5.74) is 6.87. The Kier molecular flexibility index (Phi) is 2.31. The highest BCUT2D eigenvalue weighted by Crippen LogP contribution is 2.64. The van der Waals surface area contributed by atoms with E-state index in [2.05, 4.69) is 0 Å². The molecular formula is C14H17F2N. The van der Waals surface area contributed by atoms with Crippen molar-refractivity contribution in [3.63, 3.8) is 0 Å². The van der Waals surface area contributed by atoms with Crippen LogP contribution in [0.25, 0.3) is 0 Å². The lowest BCUT2D eigenvalue weighted by molar-refractivity contribution is -0.0449. The first-order valence-corrected chi connectivity index (χ1v) is 6.24. The predicted molar refractivity (Wildman–Crippen MR) is 62.6 cm³/mol. The summed E-state index contributed by atoms with van der Waals surface area (Å²) in [7, 11) is 0. The molecule has 2 fully saturated rings. The number of rotatable bonds is 2. The van der Waals surface area contributed by atoms with E-state index in [0.29, 0.717) is 12.0 Å². The highest BCUT2D eigenvalue weighted by atomic mass is 19.1. The minimum Gasteiger partial charge on any atom is -0.330 e. The van der Waals surface area contributed by atoms with Gasteiger partial charge in [-0.1, -0.05) is 6.42 Å². The average molecular weight is 237 g/mol. The van der Waals surface area contributed by atoms with Gasteiger partial charge < -0.3 is 5.73 Å². The number of hydrogen-bond donors (Lipinski definition) is 1. The zero-order valence-corrected chi connectivity index (χ0v) is 9.81. The average Bonchev–Trinajstić information content (AvgIpc) is 2.13. The van der Waals surface area contributed by atoms with Crippen LogP contribution < -0.4 is 5.73 Å². The summed E-state index contributed by atoms with van der Waals surface area (Å²) < 4.78 is 26.5. The van der Waals surface area contributed by atoms with E-state index in [4.69, 9.17) is 5.73 Å². The van der Waals surface area contributed by atoms with Gasteiger partial charge in [-0.25, -0.2) is 8.78 Å². The SMILES string of the molecule is NCC1(c2cc(F)cc(F)c2)CC2(CCC2)C1. The second-order valence-electron chi connectivity index (χ2n) is 5.85. The van der Waals surface area contributed by atoms with Gasteiger partial charge in [-0.15, -0.1) is 0 Å². The minimum atomic E-state index is -0.498. The zero-order valence-electron chi connectivity index (χ0n) is 9.81. The van der Waals surface area contributed by atoms with Crippen LogP contribution in [0.1, 0.15) is 37.7 Å². The highest BCUT2D eigenvalue weighted by Gasteiger charge is 2.56. The summed E-state index contributed by atoms with van der Waals surface area (Å²) >= 11 is 0. The molecule has 1 spiro atoms. The maximum Gasteiger partial charge on any atom is 0.126 e. The van der Waals surface area contributed by atoms with Gasteiger partial charge in [0.25, 0.3) is 0 Å². The molecule has 0 aliphatic heterocycles. The van der Waals surface area contributed by atoms with Crippen molar-refractivity contribution in [2.45, 2.75) is 37.5 Å². The molecule has 3 rings (SSSR count). The third kappa shape index (κ3) is 1.60. The fourth-order valence-corrected chi connectivity index (χ4v) is 3.74. The fraction of sp³-hybridized carbons (Fsp3) is 0.571. The van der Waals surface area contributed by atoms with Gasteiger partial charge >= 0.3 is 0 Å². The molecule has 1 nitrogen and oxygen atoms in total. The fourth-order valence-electron chi connectivity index (χ4n) is 3.74. The van der Waals surface area contributed by atoms with E-state index < -0.39 is 11.6 Å². The Balaban J connectivity index is 1.90. The van der Waals surface area contributed by atoms with Crippen LogP contribution in [0, 0.1) is 17.0 Å². The Morgan fingerprint density at radius 2 is 1.65 bits per heavy atom. The Bertz CT molecular complexity index is 423. The molecule has 0 unspecified atom stereocenters. The first-order chi connectivity index (χ1) is 8.07. The van der Waals surface area contributed by atoms with E-state index in [1.807, 2.05) is 0 Å². The molecule has 0 radical (unpaired) electrons. The predicted octanol–water partition coefficient (Wildman–Crippen LogP) is 3.13. The number of halogens is 2. The second-order valence-corrected chi connectivity index (χ2v) is 5.85. The summed E-state index contributed by atoms with van der Waals surface area (Å²) in [6.07, 6.45) is 5.80. The topological polar surface area (TPSA) is 26.0 Å². The summed E-state index contributed by atoms with van der Waals surface area (Å²) in [5, 5.41) is 0. The third-order valence-electron chi connectivity index (χ3n) is 4.71. The lowest BCUT2D eigenvalue weighted by Gasteiger charge is -2.61. The minimum absolute atomic E-state index is 0.177. The number of benzene rings is 1. The van der Waals surface area contributed by atoms with Crippen molar-refractivity contribution in [2.75, 3.05) is 6.54 Å². The Labute approximate surface area is 100 Å². The van der Waals surface area contributed by atoms with E-state index in [0.717, 1.165) is 24.5 Å². The summed E-state index contributed by atoms with van der Waals surface area (Å²) in [6.45, 7) is 0.484. The molecule has 0 bridgehead atoms. The zero-order chi connectivity index (χ0) is 12.1. The Hall–Kier alpha value is -0.960. The van der Waals surface area contributed by atoms with Crippen LogP contribution >= 0.6 is 0 Å². The van der Waals surface area contributed by atoms with Crippen molar-refractivity contribution in [1.82, 2.24) is 0 Å². The van der Waals surface area contributed by atoms with E-state index in [9.17, 15) is 8.78 Å². The Morgan fingerprint density at radius 1 is 1.06 bits per heavy atom. The third-order valence-corrected chi connectivity index (χ3v) is 4.71. The van der Waals surface area contributed by atoms with E-state index >= 15 is 0 Å². The molecule has 2 aliphatic rings. The van der Waals surface area contributed by atoms with Gasteiger partial charge in [0.05, 0.1) is 0 Å². The molecule has 17 heavy (non-hydrogen) atoms. The van der Waals surface area contributed by atoms with E-state index in [1.54, 1.807) is 0 Å². The molecule has 1 aromatic rings. The van der Waals surface area contributed by atoms with Gasteiger partial charge in [0.1, 0.15) is 11.6 Å². The van der Waals surface area contributed by atoms with Crippen molar-refractivity contribution >= 4 is 0 Å². The lowest BCUT2D eigenvalue weighted by Crippen LogP contribution is -2.56. The molecule has 3 heteroatoms. The lowest BCUT2D eigenvalue weighted by atomic mass is 9.44.